The number of sulfone groups is 1. The van der Waals surface area contributed by atoms with E-state index in [4.69, 9.17) is 4.52 Å². The Kier molecular flexibility index (Phi) is 3.80. The third-order valence-electron chi connectivity index (χ3n) is 3.00. The summed E-state index contributed by atoms with van der Waals surface area (Å²) in [6.45, 7) is 3.86. The second kappa shape index (κ2) is 5.24. The van der Waals surface area contributed by atoms with Gasteiger partial charge in [0, 0.05) is 18.4 Å². The molecule has 2 rings (SSSR count). The zero-order chi connectivity index (χ0) is 14.9. The maximum absolute atomic E-state index is 13.7. The van der Waals surface area contributed by atoms with Gasteiger partial charge >= 0.3 is 0 Å². The molecular formula is C13H15FN2O3S. The van der Waals surface area contributed by atoms with Gasteiger partial charge in [-0.25, -0.2) is 12.8 Å². The molecule has 0 fully saturated rings. The Labute approximate surface area is 116 Å². The first-order valence-corrected chi connectivity index (χ1v) is 7.83. The molecule has 0 saturated heterocycles. The van der Waals surface area contributed by atoms with Crippen molar-refractivity contribution in [2.45, 2.75) is 25.3 Å². The Balaban J connectivity index is 2.26. The van der Waals surface area contributed by atoms with E-state index < -0.39 is 15.7 Å². The van der Waals surface area contributed by atoms with Crippen LogP contribution in [0.5, 0.6) is 0 Å². The Morgan fingerprint density at radius 2 is 2.05 bits per heavy atom. The molecule has 0 unspecified atom stereocenters. The van der Waals surface area contributed by atoms with E-state index in [1.807, 2.05) is 0 Å². The summed E-state index contributed by atoms with van der Waals surface area (Å²) in [5, 5.41) is 6.67. The van der Waals surface area contributed by atoms with Crippen LogP contribution in [-0.2, 0) is 16.4 Å². The minimum Gasteiger partial charge on any atom is -0.378 e. The van der Waals surface area contributed by atoms with Crippen LogP contribution < -0.4 is 5.32 Å². The summed E-state index contributed by atoms with van der Waals surface area (Å²) in [6, 6.07) is 3.65. The number of nitrogens with one attached hydrogen (secondary N) is 1. The molecule has 1 aromatic carbocycles. The molecule has 0 atom stereocenters. The highest BCUT2D eigenvalue weighted by molar-refractivity contribution is 7.90. The van der Waals surface area contributed by atoms with Crippen LogP contribution in [0, 0.1) is 19.7 Å². The van der Waals surface area contributed by atoms with E-state index in [9.17, 15) is 12.8 Å². The van der Waals surface area contributed by atoms with Gasteiger partial charge < -0.3 is 9.84 Å². The second-order valence-corrected chi connectivity index (χ2v) is 6.59. The zero-order valence-electron chi connectivity index (χ0n) is 11.4. The number of aromatic nitrogens is 1. The zero-order valence-corrected chi connectivity index (χ0v) is 12.2. The Morgan fingerprint density at radius 3 is 2.60 bits per heavy atom. The van der Waals surface area contributed by atoms with Crippen molar-refractivity contribution in [3.8, 4) is 0 Å². The van der Waals surface area contributed by atoms with Crippen molar-refractivity contribution >= 4 is 15.5 Å². The third-order valence-corrected chi connectivity index (χ3v) is 4.11. The monoisotopic (exact) mass is 298 g/mol. The fourth-order valence-corrected chi connectivity index (χ4v) is 2.46. The molecule has 1 aromatic heterocycles. The van der Waals surface area contributed by atoms with E-state index >= 15 is 0 Å². The second-order valence-electron chi connectivity index (χ2n) is 4.57. The van der Waals surface area contributed by atoms with E-state index in [0.29, 0.717) is 12.3 Å². The molecular weight excluding hydrogens is 283 g/mol. The van der Waals surface area contributed by atoms with Gasteiger partial charge in [0.2, 0.25) is 0 Å². The topological polar surface area (TPSA) is 72.2 Å². The summed E-state index contributed by atoms with van der Waals surface area (Å²) in [5.41, 5.74) is 1.68. The molecule has 5 nitrogen and oxygen atoms in total. The number of hydrogen-bond acceptors (Lipinski definition) is 5. The summed E-state index contributed by atoms with van der Waals surface area (Å²) in [4.78, 5) is 0.0696. The number of hydrogen-bond donors (Lipinski definition) is 1. The van der Waals surface area contributed by atoms with Gasteiger partial charge in [0.1, 0.15) is 11.6 Å². The molecule has 0 radical (unpaired) electrons. The third kappa shape index (κ3) is 2.98. The summed E-state index contributed by atoms with van der Waals surface area (Å²) < 4.78 is 41.6. The molecule has 1 N–H and O–H groups in total. The van der Waals surface area contributed by atoms with Gasteiger partial charge in [-0.15, -0.1) is 0 Å². The van der Waals surface area contributed by atoms with E-state index in [2.05, 4.69) is 10.5 Å². The standard InChI is InChI=1S/C13H15FN2O3S/c1-8-11(9(2)19-16-8)7-15-13-6-10(20(3,17)18)4-5-12(13)14/h4-6,15H,7H2,1-3H3. The number of rotatable bonds is 4. The van der Waals surface area contributed by atoms with Crippen molar-refractivity contribution in [1.82, 2.24) is 5.16 Å². The van der Waals surface area contributed by atoms with Crippen LogP contribution in [0.4, 0.5) is 10.1 Å². The maximum atomic E-state index is 13.7. The molecule has 0 spiro atoms. The molecule has 20 heavy (non-hydrogen) atoms. The average molecular weight is 298 g/mol. The summed E-state index contributed by atoms with van der Waals surface area (Å²) in [5.74, 6) is 0.138. The van der Waals surface area contributed by atoms with Crippen LogP contribution in [0.3, 0.4) is 0 Å². The lowest BCUT2D eigenvalue weighted by Gasteiger charge is -2.09. The number of nitrogens with zero attached hydrogens (tertiary/aromatic N) is 1. The van der Waals surface area contributed by atoms with Crippen molar-refractivity contribution in [3.63, 3.8) is 0 Å². The summed E-state index contributed by atoms with van der Waals surface area (Å²) in [7, 11) is -3.37. The lowest BCUT2D eigenvalue weighted by molar-refractivity contribution is 0.392. The highest BCUT2D eigenvalue weighted by Gasteiger charge is 2.13. The van der Waals surface area contributed by atoms with Crippen LogP contribution in [-0.4, -0.2) is 19.8 Å². The molecule has 0 saturated carbocycles. The predicted octanol–water partition coefficient (Wildman–Crippen LogP) is 2.45. The van der Waals surface area contributed by atoms with Crippen molar-refractivity contribution in [3.05, 3.63) is 41.0 Å². The molecule has 108 valence electrons. The fourth-order valence-electron chi connectivity index (χ4n) is 1.81. The SMILES string of the molecule is Cc1noc(C)c1CNc1cc(S(C)(=O)=O)ccc1F. The highest BCUT2D eigenvalue weighted by atomic mass is 32.2. The summed E-state index contributed by atoms with van der Waals surface area (Å²) in [6.07, 6.45) is 1.08. The first-order valence-electron chi connectivity index (χ1n) is 5.94. The van der Waals surface area contributed by atoms with E-state index in [0.717, 1.165) is 23.6 Å². The van der Waals surface area contributed by atoms with Crippen LogP contribution in [0.25, 0.3) is 0 Å². The molecule has 0 aliphatic heterocycles. The lowest BCUT2D eigenvalue weighted by Crippen LogP contribution is -2.05. The minimum absolute atomic E-state index is 0.0696. The van der Waals surface area contributed by atoms with Gasteiger partial charge in [-0.3, -0.25) is 0 Å². The maximum Gasteiger partial charge on any atom is 0.175 e. The number of aryl methyl sites for hydroxylation is 2. The average Bonchev–Trinajstić information content (AvgIpc) is 2.67. The Morgan fingerprint density at radius 1 is 1.35 bits per heavy atom. The minimum atomic E-state index is -3.37. The van der Waals surface area contributed by atoms with Gasteiger partial charge in [-0.2, -0.15) is 0 Å². The number of benzene rings is 1. The van der Waals surface area contributed by atoms with Crippen molar-refractivity contribution < 1.29 is 17.3 Å². The fraction of sp³-hybridized carbons (Fsp3) is 0.308. The smallest absolute Gasteiger partial charge is 0.175 e. The van der Waals surface area contributed by atoms with Crippen LogP contribution in [0.15, 0.2) is 27.6 Å². The van der Waals surface area contributed by atoms with E-state index in [1.54, 1.807) is 13.8 Å². The van der Waals surface area contributed by atoms with E-state index in [1.165, 1.54) is 12.1 Å². The van der Waals surface area contributed by atoms with Gasteiger partial charge in [-0.1, -0.05) is 5.16 Å². The van der Waals surface area contributed by atoms with Gasteiger partial charge in [0.25, 0.3) is 0 Å². The van der Waals surface area contributed by atoms with E-state index in [-0.39, 0.29) is 10.6 Å². The number of halogens is 1. The largest absolute Gasteiger partial charge is 0.378 e. The lowest BCUT2D eigenvalue weighted by atomic mass is 10.2. The normalized spacial score (nSPS) is 11.6. The van der Waals surface area contributed by atoms with Crippen LogP contribution >= 0.6 is 0 Å². The van der Waals surface area contributed by atoms with Gasteiger partial charge in [-0.05, 0) is 32.0 Å². The molecule has 0 aliphatic carbocycles. The van der Waals surface area contributed by atoms with Crippen LogP contribution in [0.2, 0.25) is 0 Å². The number of anilines is 1. The van der Waals surface area contributed by atoms with Gasteiger partial charge in [0.15, 0.2) is 9.84 Å². The van der Waals surface area contributed by atoms with Crippen LogP contribution in [0.1, 0.15) is 17.0 Å². The first-order chi connectivity index (χ1) is 9.29. The molecule has 0 amide bonds. The highest BCUT2D eigenvalue weighted by Crippen LogP contribution is 2.21. The molecule has 2 aromatic rings. The van der Waals surface area contributed by atoms with Crippen molar-refractivity contribution in [2.24, 2.45) is 0 Å². The van der Waals surface area contributed by atoms with Crippen molar-refractivity contribution in [1.29, 1.82) is 0 Å². The van der Waals surface area contributed by atoms with Gasteiger partial charge in [0.05, 0.1) is 16.3 Å². The molecule has 1 heterocycles. The first kappa shape index (κ1) is 14.5. The Bertz CT molecular complexity index is 719. The molecule has 0 bridgehead atoms. The van der Waals surface area contributed by atoms with Crippen molar-refractivity contribution in [2.75, 3.05) is 11.6 Å². The molecule has 0 aliphatic rings. The predicted molar refractivity (Wildman–Crippen MR) is 72.8 cm³/mol. The molecule has 7 heteroatoms. The summed E-state index contributed by atoms with van der Waals surface area (Å²) >= 11 is 0. The quantitative estimate of drug-likeness (QED) is 0.878. The Hall–Kier alpha value is -1.89.